The SMILES string of the molecule is CNC(C(=O)Nc1cc(C(F)(F)F)ccc1C)c1cnn(C)c1. The predicted molar refractivity (Wildman–Crippen MR) is 79.8 cm³/mol. The number of benzene rings is 1. The van der Waals surface area contributed by atoms with E-state index in [-0.39, 0.29) is 5.69 Å². The molecular formula is C15H17F3N4O. The van der Waals surface area contributed by atoms with Gasteiger partial charge in [0.25, 0.3) is 0 Å². The van der Waals surface area contributed by atoms with Gasteiger partial charge in [-0.15, -0.1) is 0 Å². The maximum absolute atomic E-state index is 12.8. The monoisotopic (exact) mass is 326 g/mol. The number of amides is 1. The maximum Gasteiger partial charge on any atom is 0.416 e. The summed E-state index contributed by atoms with van der Waals surface area (Å²) >= 11 is 0. The quantitative estimate of drug-likeness (QED) is 0.908. The summed E-state index contributed by atoms with van der Waals surface area (Å²) in [6.07, 6.45) is -1.27. The van der Waals surface area contributed by atoms with Crippen LogP contribution in [0.4, 0.5) is 18.9 Å². The van der Waals surface area contributed by atoms with Crippen LogP contribution in [0.25, 0.3) is 0 Å². The average molecular weight is 326 g/mol. The molecule has 2 aromatic rings. The molecular weight excluding hydrogens is 309 g/mol. The third-order valence-corrected chi connectivity index (χ3v) is 3.43. The molecule has 23 heavy (non-hydrogen) atoms. The predicted octanol–water partition coefficient (Wildman–Crippen LogP) is 2.65. The van der Waals surface area contributed by atoms with E-state index in [1.807, 2.05) is 0 Å². The smallest absolute Gasteiger partial charge is 0.324 e. The summed E-state index contributed by atoms with van der Waals surface area (Å²) in [4.78, 5) is 12.4. The van der Waals surface area contributed by atoms with Gasteiger partial charge in [0.05, 0.1) is 11.8 Å². The Morgan fingerprint density at radius 1 is 1.35 bits per heavy atom. The molecule has 124 valence electrons. The molecule has 0 aliphatic carbocycles. The standard InChI is InChI=1S/C15H17F3N4O/c1-9-4-5-11(15(16,17)18)6-12(9)21-14(23)13(19-2)10-7-20-22(3)8-10/h4-8,13,19H,1-3H3,(H,21,23). The van der Waals surface area contributed by atoms with Gasteiger partial charge in [0.1, 0.15) is 6.04 Å². The largest absolute Gasteiger partial charge is 0.416 e. The Morgan fingerprint density at radius 3 is 2.57 bits per heavy atom. The number of hydrogen-bond donors (Lipinski definition) is 2. The van der Waals surface area contributed by atoms with E-state index in [9.17, 15) is 18.0 Å². The zero-order valence-corrected chi connectivity index (χ0v) is 12.9. The van der Waals surface area contributed by atoms with Crippen LogP contribution in [0.5, 0.6) is 0 Å². The van der Waals surface area contributed by atoms with E-state index < -0.39 is 23.7 Å². The summed E-state index contributed by atoms with van der Waals surface area (Å²) < 4.78 is 39.9. The van der Waals surface area contributed by atoms with Crippen LogP contribution >= 0.6 is 0 Å². The summed E-state index contributed by atoms with van der Waals surface area (Å²) in [5.41, 5.74) is 0.499. The number of nitrogens with zero attached hydrogens (tertiary/aromatic N) is 2. The average Bonchev–Trinajstić information content (AvgIpc) is 2.87. The van der Waals surface area contributed by atoms with Crippen molar-refractivity contribution < 1.29 is 18.0 Å². The van der Waals surface area contributed by atoms with E-state index in [1.54, 1.807) is 31.9 Å². The van der Waals surface area contributed by atoms with Crippen LogP contribution in [0.1, 0.15) is 22.7 Å². The number of rotatable bonds is 4. The summed E-state index contributed by atoms with van der Waals surface area (Å²) in [5.74, 6) is -0.456. The molecule has 1 heterocycles. The van der Waals surface area contributed by atoms with Crippen LogP contribution in [0.15, 0.2) is 30.6 Å². The first-order valence-corrected chi connectivity index (χ1v) is 6.87. The van der Waals surface area contributed by atoms with Crippen molar-refractivity contribution in [2.45, 2.75) is 19.1 Å². The van der Waals surface area contributed by atoms with Crippen LogP contribution < -0.4 is 10.6 Å². The zero-order valence-electron chi connectivity index (χ0n) is 12.9. The van der Waals surface area contributed by atoms with Crippen molar-refractivity contribution in [1.82, 2.24) is 15.1 Å². The molecule has 8 heteroatoms. The Balaban J connectivity index is 2.25. The molecule has 1 unspecified atom stereocenters. The number of carbonyl (C=O) groups excluding carboxylic acids is 1. The fraction of sp³-hybridized carbons (Fsp3) is 0.333. The molecule has 0 saturated heterocycles. The molecule has 0 spiro atoms. The molecule has 0 radical (unpaired) electrons. The highest BCUT2D eigenvalue weighted by molar-refractivity contribution is 5.96. The molecule has 2 N–H and O–H groups in total. The van der Waals surface area contributed by atoms with Crippen molar-refractivity contribution in [2.75, 3.05) is 12.4 Å². The number of likely N-dealkylation sites (N-methyl/N-ethyl adjacent to an activating group) is 1. The van der Waals surface area contributed by atoms with Crippen LogP contribution in [0, 0.1) is 6.92 Å². The van der Waals surface area contributed by atoms with E-state index in [0.29, 0.717) is 11.1 Å². The number of carbonyl (C=O) groups is 1. The fourth-order valence-corrected chi connectivity index (χ4v) is 2.18. The van der Waals surface area contributed by atoms with Gasteiger partial charge in [-0.3, -0.25) is 9.48 Å². The first-order chi connectivity index (χ1) is 10.7. The first kappa shape index (κ1) is 17.0. The number of hydrogen-bond acceptors (Lipinski definition) is 3. The lowest BCUT2D eigenvalue weighted by molar-refractivity contribution is -0.137. The number of nitrogens with one attached hydrogen (secondary N) is 2. The Labute approximate surface area is 131 Å². The lowest BCUT2D eigenvalue weighted by atomic mass is 10.1. The maximum atomic E-state index is 12.8. The van der Waals surface area contributed by atoms with Gasteiger partial charge in [0.2, 0.25) is 5.91 Å². The van der Waals surface area contributed by atoms with Crippen LogP contribution in [0.3, 0.4) is 0 Å². The molecule has 0 aliphatic heterocycles. The Morgan fingerprint density at radius 2 is 2.04 bits per heavy atom. The molecule has 1 aromatic heterocycles. The number of aryl methyl sites for hydroxylation is 2. The lowest BCUT2D eigenvalue weighted by Gasteiger charge is -2.17. The van der Waals surface area contributed by atoms with Crippen molar-refractivity contribution in [3.8, 4) is 0 Å². The molecule has 1 aromatic carbocycles. The van der Waals surface area contributed by atoms with Gasteiger partial charge < -0.3 is 10.6 Å². The first-order valence-electron chi connectivity index (χ1n) is 6.87. The Bertz CT molecular complexity index is 709. The highest BCUT2D eigenvalue weighted by Crippen LogP contribution is 2.32. The van der Waals surface area contributed by atoms with Gasteiger partial charge in [0, 0.05) is 24.5 Å². The van der Waals surface area contributed by atoms with Crippen LogP contribution in [-0.2, 0) is 18.0 Å². The van der Waals surface area contributed by atoms with Crippen molar-refractivity contribution in [3.05, 3.63) is 47.3 Å². The minimum atomic E-state index is -4.46. The Hall–Kier alpha value is -2.35. The highest BCUT2D eigenvalue weighted by Gasteiger charge is 2.31. The van der Waals surface area contributed by atoms with Crippen molar-refractivity contribution in [2.24, 2.45) is 7.05 Å². The van der Waals surface area contributed by atoms with Gasteiger partial charge in [0.15, 0.2) is 0 Å². The topological polar surface area (TPSA) is 59.0 Å². The van der Waals surface area contributed by atoms with Crippen LogP contribution in [0.2, 0.25) is 0 Å². The van der Waals surface area contributed by atoms with Gasteiger partial charge >= 0.3 is 6.18 Å². The zero-order chi connectivity index (χ0) is 17.2. The summed E-state index contributed by atoms with van der Waals surface area (Å²) in [7, 11) is 3.31. The Kier molecular flexibility index (Phi) is 4.74. The molecule has 5 nitrogen and oxygen atoms in total. The molecule has 1 atom stereocenters. The number of anilines is 1. The third kappa shape index (κ3) is 3.89. The third-order valence-electron chi connectivity index (χ3n) is 3.43. The van der Waals surface area contributed by atoms with Crippen molar-refractivity contribution in [1.29, 1.82) is 0 Å². The van der Waals surface area contributed by atoms with E-state index in [4.69, 9.17) is 0 Å². The molecule has 0 fully saturated rings. The summed E-state index contributed by atoms with van der Waals surface area (Å²) in [5, 5.41) is 9.36. The van der Waals surface area contributed by atoms with Gasteiger partial charge in [-0.25, -0.2) is 0 Å². The van der Waals surface area contributed by atoms with Crippen LogP contribution in [-0.4, -0.2) is 22.7 Å². The second-order valence-corrected chi connectivity index (χ2v) is 5.19. The second kappa shape index (κ2) is 6.41. The molecule has 0 saturated carbocycles. The van der Waals surface area contributed by atoms with E-state index in [0.717, 1.165) is 12.1 Å². The van der Waals surface area contributed by atoms with E-state index >= 15 is 0 Å². The van der Waals surface area contributed by atoms with E-state index in [1.165, 1.54) is 12.3 Å². The van der Waals surface area contributed by atoms with Crippen molar-refractivity contribution >= 4 is 11.6 Å². The van der Waals surface area contributed by atoms with Gasteiger partial charge in [-0.05, 0) is 31.7 Å². The summed E-state index contributed by atoms with van der Waals surface area (Å²) in [6, 6.07) is 2.54. The number of alkyl halides is 3. The molecule has 0 bridgehead atoms. The molecule has 2 rings (SSSR count). The highest BCUT2D eigenvalue weighted by atomic mass is 19.4. The molecule has 0 aliphatic rings. The fourth-order valence-electron chi connectivity index (χ4n) is 2.18. The van der Waals surface area contributed by atoms with Gasteiger partial charge in [-0.1, -0.05) is 6.07 Å². The minimum Gasteiger partial charge on any atom is -0.324 e. The molecule has 1 amide bonds. The van der Waals surface area contributed by atoms with E-state index in [2.05, 4.69) is 15.7 Å². The second-order valence-electron chi connectivity index (χ2n) is 5.19. The van der Waals surface area contributed by atoms with Gasteiger partial charge in [-0.2, -0.15) is 18.3 Å². The lowest BCUT2D eigenvalue weighted by Crippen LogP contribution is -2.30. The normalized spacial score (nSPS) is 13.0. The minimum absolute atomic E-state index is 0.133. The number of aromatic nitrogens is 2. The number of halogens is 3. The van der Waals surface area contributed by atoms with Crippen molar-refractivity contribution in [3.63, 3.8) is 0 Å². The summed E-state index contributed by atoms with van der Waals surface area (Å²) in [6.45, 7) is 1.63.